The Bertz CT molecular complexity index is 267. The maximum Gasteiger partial charge on any atom is 0.132 e. The van der Waals surface area contributed by atoms with E-state index in [2.05, 4.69) is 13.8 Å². The summed E-state index contributed by atoms with van der Waals surface area (Å²) in [7, 11) is 0. The zero-order valence-corrected chi connectivity index (χ0v) is 11.1. The molecule has 0 bridgehead atoms. The van der Waals surface area contributed by atoms with E-state index in [9.17, 15) is 9.59 Å². The molecule has 0 radical (unpaired) electrons. The number of hydrogen-bond acceptors (Lipinski definition) is 2. The summed E-state index contributed by atoms with van der Waals surface area (Å²) in [6.07, 6.45) is 7.37. The molecule has 0 heterocycles. The van der Waals surface area contributed by atoms with Crippen molar-refractivity contribution >= 4 is 11.6 Å². The number of hydrogen-bond donors (Lipinski definition) is 0. The molecule has 0 amide bonds. The minimum absolute atomic E-state index is 0.307. The fraction of sp³-hybridized carbons (Fsp3) is 0.867. The van der Waals surface area contributed by atoms with E-state index in [1.54, 1.807) is 0 Å². The first kappa shape index (κ1) is 12.8. The van der Waals surface area contributed by atoms with Crippen molar-refractivity contribution in [2.24, 2.45) is 17.3 Å². The molecule has 17 heavy (non-hydrogen) atoms. The predicted molar refractivity (Wildman–Crippen MR) is 67.7 cm³/mol. The van der Waals surface area contributed by atoms with E-state index >= 15 is 0 Å². The summed E-state index contributed by atoms with van der Waals surface area (Å²) in [5, 5.41) is 0. The van der Waals surface area contributed by atoms with E-state index in [4.69, 9.17) is 0 Å². The predicted octanol–water partition coefficient (Wildman–Crippen LogP) is 3.53. The van der Waals surface area contributed by atoms with Gasteiger partial charge in [0.15, 0.2) is 0 Å². The van der Waals surface area contributed by atoms with Crippen LogP contribution < -0.4 is 0 Å². The Morgan fingerprint density at radius 2 is 1.06 bits per heavy atom. The standard InChI is InChI=1S/C15H24O2/c1-15(2,11-3-7-13(16)8-4-11)12-5-9-14(17)10-6-12/h11-12H,3-10H2,1-2H3. The van der Waals surface area contributed by atoms with Crippen molar-refractivity contribution in [3.63, 3.8) is 0 Å². The van der Waals surface area contributed by atoms with Crippen LogP contribution in [0, 0.1) is 17.3 Å². The molecule has 0 aromatic rings. The highest BCUT2D eigenvalue weighted by molar-refractivity contribution is 5.79. The zero-order valence-electron chi connectivity index (χ0n) is 11.1. The van der Waals surface area contributed by atoms with Crippen LogP contribution in [0.4, 0.5) is 0 Å². The molecule has 2 aliphatic rings. The monoisotopic (exact) mass is 236 g/mol. The second-order valence-electron chi connectivity index (χ2n) is 6.45. The number of Topliss-reactive ketones (excluding diaryl/α,β-unsaturated/α-hetero) is 2. The first-order chi connectivity index (χ1) is 8.00. The second-order valence-corrected chi connectivity index (χ2v) is 6.45. The molecule has 2 rings (SSSR count). The molecule has 0 N–H and O–H groups in total. The summed E-state index contributed by atoms with van der Waals surface area (Å²) in [5.41, 5.74) is 0.307. The Labute approximate surface area is 104 Å². The summed E-state index contributed by atoms with van der Waals surface area (Å²) in [5.74, 6) is 2.24. The highest BCUT2D eigenvalue weighted by atomic mass is 16.1. The lowest BCUT2D eigenvalue weighted by Crippen LogP contribution is -2.37. The smallest absolute Gasteiger partial charge is 0.132 e. The van der Waals surface area contributed by atoms with Crippen molar-refractivity contribution in [3.8, 4) is 0 Å². The fourth-order valence-electron chi connectivity index (χ4n) is 3.70. The molecule has 2 fully saturated rings. The number of carbonyl (C=O) groups excluding carboxylic acids is 2. The Morgan fingerprint density at radius 3 is 1.35 bits per heavy atom. The molecule has 2 saturated carbocycles. The Kier molecular flexibility index (Phi) is 3.70. The van der Waals surface area contributed by atoms with Gasteiger partial charge in [-0.25, -0.2) is 0 Å². The van der Waals surface area contributed by atoms with E-state index in [0.717, 1.165) is 51.4 Å². The second kappa shape index (κ2) is 4.91. The van der Waals surface area contributed by atoms with Gasteiger partial charge in [0, 0.05) is 25.7 Å². The maximum atomic E-state index is 11.3. The molecule has 0 aliphatic heterocycles. The van der Waals surface area contributed by atoms with Crippen molar-refractivity contribution in [1.82, 2.24) is 0 Å². The lowest BCUT2D eigenvalue weighted by Gasteiger charge is -2.44. The lowest BCUT2D eigenvalue weighted by atomic mass is 9.61. The maximum absolute atomic E-state index is 11.3. The molecule has 0 aromatic heterocycles. The van der Waals surface area contributed by atoms with Gasteiger partial charge >= 0.3 is 0 Å². The summed E-state index contributed by atoms with van der Waals surface area (Å²) >= 11 is 0. The molecule has 0 atom stereocenters. The van der Waals surface area contributed by atoms with Gasteiger partial charge in [0.2, 0.25) is 0 Å². The van der Waals surface area contributed by atoms with Gasteiger partial charge in [-0.15, -0.1) is 0 Å². The average Bonchev–Trinajstić information content (AvgIpc) is 2.30. The minimum Gasteiger partial charge on any atom is -0.300 e. The van der Waals surface area contributed by atoms with E-state index in [0.29, 0.717) is 28.8 Å². The molecule has 2 aliphatic carbocycles. The van der Waals surface area contributed by atoms with Crippen molar-refractivity contribution in [2.45, 2.75) is 65.2 Å². The third-order valence-electron chi connectivity index (χ3n) is 5.19. The highest BCUT2D eigenvalue weighted by Crippen LogP contribution is 2.47. The summed E-state index contributed by atoms with van der Waals surface area (Å²) < 4.78 is 0. The largest absolute Gasteiger partial charge is 0.300 e. The van der Waals surface area contributed by atoms with Crippen LogP contribution in [0.15, 0.2) is 0 Å². The third-order valence-corrected chi connectivity index (χ3v) is 5.19. The Balaban J connectivity index is 1.97. The van der Waals surface area contributed by atoms with Crippen LogP contribution in [0.2, 0.25) is 0 Å². The molecule has 0 spiro atoms. The first-order valence-electron chi connectivity index (χ1n) is 7.03. The van der Waals surface area contributed by atoms with Crippen molar-refractivity contribution in [3.05, 3.63) is 0 Å². The molecular formula is C15H24O2. The zero-order chi connectivity index (χ0) is 12.5. The van der Waals surface area contributed by atoms with E-state index in [-0.39, 0.29) is 0 Å². The number of rotatable bonds is 2. The lowest BCUT2D eigenvalue weighted by molar-refractivity contribution is -0.123. The van der Waals surface area contributed by atoms with Gasteiger partial charge in [-0.1, -0.05) is 13.8 Å². The average molecular weight is 236 g/mol. The first-order valence-corrected chi connectivity index (χ1v) is 7.03. The van der Waals surface area contributed by atoms with E-state index in [1.165, 1.54) is 0 Å². The topological polar surface area (TPSA) is 34.1 Å². The molecule has 0 saturated heterocycles. The van der Waals surface area contributed by atoms with Crippen LogP contribution in [0.3, 0.4) is 0 Å². The van der Waals surface area contributed by atoms with Crippen molar-refractivity contribution in [2.75, 3.05) is 0 Å². The summed E-state index contributed by atoms with van der Waals surface area (Å²) in [6.45, 7) is 4.71. The van der Waals surface area contributed by atoms with Crippen LogP contribution in [-0.4, -0.2) is 11.6 Å². The summed E-state index contributed by atoms with van der Waals surface area (Å²) in [4.78, 5) is 22.6. The van der Waals surface area contributed by atoms with Gasteiger partial charge in [0.25, 0.3) is 0 Å². The fourth-order valence-corrected chi connectivity index (χ4v) is 3.70. The van der Waals surface area contributed by atoms with E-state index in [1.807, 2.05) is 0 Å². The van der Waals surface area contributed by atoms with Crippen LogP contribution in [0.1, 0.15) is 65.2 Å². The molecule has 2 heteroatoms. The van der Waals surface area contributed by atoms with Crippen LogP contribution >= 0.6 is 0 Å². The van der Waals surface area contributed by atoms with Gasteiger partial charge in [-0.3, -0.25) is 9.59 Å². The molecule has 2 nitrogen and oxygen atoms in total. The minimum atomic E-state index is 0.307. The van der Waals surface area contributed by atoms with Crippen molar-refractivity contribution in [1.29, 1.82) is 0 Å². The van der Waals surface area contributed by atoms with Crippen molar-refractivity contribution < 1.29 is 9.59 Å². The normalized spacial score (nSPS) is 25.3. The van der Waals surface area contributed by atoms with Gasteiger partial charge in [-0.2, -0.15) is 0 Å². The highest BCUT2D eigenvalue weighted by Gasteiger charge is 2.39. The van der Waals surface area contributed by atoms with Gasteiger partial charge in [0.05, 0.1) is 0 Å². The van der Waals surface area contributed by atoms with Crippen LogP contribution in [-0.2, 0) is 9.59 Å². The Hall–Kier alpha value is -0.660. The van der Waals surface area contributed by atoms with Crippen LogP contribution in [0.5, 0.6) is 0 Å². The summed E-state index contributed by atoms with van der Waals surface area (Å²) in [6, 6.07) is 0. The molecule has 96 valence electrons. The van der Waals surface area contributed by atoms with Gasteiger partial charge in [-0.05, 0) is 42.9 Å². The molecular weight excluding hydrogens is 212 g/mol. The molecule has 0 aromatic carbocycles. The Morgan fingerprint density at radius 1 is 0.765 bits per heavy atom. The number of carbonyl (C=O) groups is 2. The van der Waals surface area contributed by atoms with Crippen LogP contribution in [0.25, 0.3) is 0 Å². The number of ketones is 2. The van der Waals surface area contributed by atoms with E-state index < -0.39 is 0 Å². The third kappa shape index (κ3) is 2.78. The molecule has 0 unspecified atom stereocenters. The van der Waals surface area contributed by atoms with Gasteiger partial charge in [0.1, 0.15) is 11.6 Å². The SMILES string of the molecule is CC(C)(C1CCC(=O)CC1)C1CCC(=O)CC1. The quantitative estimate of drug-likeness (QED) is 0.735. The van der Waals surface area contributed by atoms with Gasteiger partial charge < -0.3 is 0 Å².